The van der Waals surface area contributed by atoms with Gasteiger partial charge in [0.2, 0.25) is 5.91 Å². The van der Waals surface area contributed by atoms with E-state index in [2.05, 4.69) is 34.7 Å². The van der Waals surface area contributed by atoms with Crippen LogP contribution in [0.25, 0.3) is 0 Å². The van der Waals surface area contributed by atoms with Crippen molar-refractivity contribution in [1.29, 1.82) is 0 Å². The molecule has 164 valence electrons. The molecule has 6 nitrogen and oxygen atoms in total. The Morgan fingerprint density at radius 3 is 2.39 bits per heavy atom. The number of nitrogens with zero attached hydrogens (tertiary/aromatic N) is 2. The maximum atomic E-state index is 12.5. The Morgan fingerprint density at radius 1 is 1.10 bits per heavy atom. The molecule has 2 aliphatic rings. The van der Waals surface area contributed by atoms with Gasteiger partial charge in [-0.1, -0.05) is 25.1 Å². The molecule has 1 aromatic heterocycles. The van der Waals surface area contributed by atoms with Crippen molar-refractivity contribution in [3.05, 3.63) is 57.8 Å². The largest absolute Gasteiger partial charge is 0.354 e. The maximum Gasteiger partial charge on any atom is 0.261 e. The molecule has 1 unspecified atom stereocenters. The second-order valence-corrected chi connectivity index (χ2v) is 9.44. The topological polar surface area (TPSA) is 69.7 Å². The molecule has 1 saturated heterocycles. The number of imide groups is 1. The van der Waals surface area contributed by atoms with Crippen LogP contribution in [0, 0.1) is 5.92 Å². The molecule has 1 aromatic carbocycles. The van der Waals surface area contributed by atoms with Gasteiger partial charge in [0.1, 0.15) is 0 Å². The molecule has 31 heavy (non-hydrogen) atoms. The van der Waals surface area contributed by atoms with E-state index in [-0.39, 0.29) is 30.3 Å². The van der Waals surface area contributed by atoms with Crippen LogP contribution in [0.4, 0.5) is 0 Å². The highest BCUT2D eigenvalue weighted by atomic mass is 32.1. The fourth-order valence-electron chi connectivity index (χ4n) is 4.37. The molecular formula is C24H29N3O3S. The number of fused-ring (bicyclic) bond motifs is 1. The third-order valence-corrected chi connectivity index (χ3v) is 7.26. The van der Waals surface area contributed by atoms with Gasteiger partial charge in [-0.25, -0.2) is 0 Å². The third-order valence-electron chi connectivity index (χ3n) is 6.29. The number of amides is 3. The summed E-state index contributed by atoms with van der Waals surface area (Å²) in [5.41, 5.74) is 0.901. The van der Waals surface area contributed by atoms with Crippen molar-refractivity contribution in [2.75, 3.05) is 26.2 Å². The van der Waals surface area contributed by atoms with Crippen LogP contribution in [-0.4, -0.2) is 53.7 Å². The van der Waals surface area contributed by atoms with Gasteiger partial charge in [0, 0.05) is 24.4 Å². The maximum absolute atomic E-state index is 12.5. The normalized spacial score (nSPS) is 18.3. The smallest absolute Gasteiger partial charge is 0.261 e. The molecule has 3 heterocycles. The van der Waals surface area contributed by atoms with Crippen LogP contribution < -0.4 is 5.32 Å². The summed E-state index contributed by atoms with van der Waals surface area (Å²) in [6.07, 6.45) is 3.13. The molecule has 4 rings (SSSR count). The molecule has 1 atom stereocenters. The molecule has 0 aliphatic carbocycles. The van der Waals surface area contributed by atoms with E-state index >= 15 is 0 Å². The molecule has 3 amide bonds. The lowest BCUT2D eigenvalue weighted by Gasteiger charge is -2.36. The molecule has 1 fully saturated rings. The average molecular weight is 440 g/mol. The van der Waals surface area contributed by atoms with Gasteiger partial charge in [-0.3, -0.25) is 24.2 Å². The number of benzene rings is 1. The summed E-state index contributed by atoms with van der Waals surface area (Å²) in [4.78, 5) is 42.4. The minimum absolute atomic E-state index is 0.0384. The number of carbonyl (C=O) groups is 3. The predicted octanol–water partition coefficient (Wildman–Crippen LogP) is 3.71. The average Bonchev–Trinajstić information content (AvgIpc) is 3.39. The monoisotopic (exact) mass is 439 g/mol. The summed E-state index contributed by atoms with van der Waals surface area (Å²) in [7, 11) is 0. The highest BCUT2D eigenvalue weighted by molar-refractivity contribution is 7.10. The zero-order chi connectivity index (χ0) is 21.8. The first-order valence-corrected chi connectivity index (χ1v) is 11.9. The number of rotatable bonds is 8. The van der Waals surface area contributed by atoms with Gasteiger partial charge in [-0.15, -0.1) is 11.3 Å². The lowest BCUT2D eigenvalue weighted by atomic mass is 9.97. The number of hydrogen-bond donors (Lipinski definition) is 1. The summed E-state index contributed by atoms with van der Waals surface area (Å²) in [5, 5.41) is 5.16. The molecule has 2 aromatic rings. The number of hydrogen-bond acceptors (Lipinski definition) is 5. The van der Waals surface area contributed by atoms with Crippen molar-refractivity contribution in [2.24, 2.45) is 5.92 Å². The molecule has 0 bridgehead atoms. The van der Waals surface area contributed by atoms with Crippen LogP contribution in [0.1, 0.15) is 64.2 Å². The Hall–Kier alpha value is -2.51. The van der Waals surface area contributed by atoms with Crippen LogP contribution in [0.2, 0.25) is 0 Å². The van der Waals surface area contributed by atoms with Crippen molar-refractivity contribution in [3.8, 4) is 0 Å². The molecular weight excluding hydrogens is 410 g/mol. The first-order chi connectivity index (χ1) is 15.0. The Labute approximate surface area is 187 Å². The van der Waals surface area contributed by atoms with E-state index in [4.69, 9.17) is 0 Å². The van der Waals surface area contributed by atoms with Crippen molar-refractivity contribution in [3.63, 3.8) is 0 Å². The summed E-state index contributed by atoms with van der Waals surface area (Å²) >= 11 is 1.73. The summed E-state index contributed by atoms with van der Waals surface area (Å²) in [6.45, 7) is 5.26. The quantitative estimate of drug-likeness (QED) is 0.637. The van der Waals surface area contributed by atoms with Crippen molar-refractivity contribution < 1.29 is 14.4 Å². The van der Waals surface area contributed by atoms with Crippen LogP contribution >= 0.6 is 11.3 Å². The minimum Gasteiger partial charge on any atom is -0.354 e. The minimum atomic E-state index is -0.266. The number of carbonyl (C=O) groups excluding carboxylic acids is 3. The molecule has 0 saturated carbocycles. The van der Waals surface area contributed by atoms with E-state index in [1.165, 1.54) is 22.6 Å². The van der Waals surface area contributed by atoms with E-state index in [1.54, 1.807) is 35.6 Å². The molecule has 1 N–H and O–H groups in total. The second-order valence-electron chi connectivity index (χ2n) is 8.46. The Bertz CT molecular complexity index is 900. The Morgan fingerprint density at radius 2 is 1.77 bits per heavy atom. The number of likely N-dealkylation sites (tertiary alicyclic amines) is 1. The Balaban J connectivity index is 1.27. The summed E-state index contributed by atoms with van der Waals surface area (Å²) in [5.74, 6) is 0.191. The fraction of sp³-hybridized carbons (Fsp3) is 0.458. The molecule has 0 spiro atoms. The van der Waals surface area contributed by atoms with Gasteiger partial charge >= 0.3 is 0 Å². The second kappa shape index (κ2) is 9.75. The highest BCUT2D eigenvalue weighted by Gasteiger charge is 2.34. The van der Waals surface area contributed by atoms with Gasteiger partial charge in [-0.05, 0) is 61.8 Å². The number of thiophene rings is 1. The van der Waals surface area contributed by atoms with E-state index < -0.39 is 0 Å². The lowest BCUT2D eigenvalue weighted by molar-refractivity contribution is -0.121. The first-order valence-electron chi connectivity index (χ1n) is 11.0. The first kappa shape index (κ1) is 21.7. The molecule has 7 heteroatoms. The van der Waals surface area contributed by atoms with Gasteiger partial charge in [-0.2, -0.15) is 0 Å². The zero-order valence-electron chi connectivity index (χ0n) is 17.9. The molecule has 0 radical (unpaired) electrons. The standard InChI is InChI=1S/C24H29N3O3S/c1-17-10-13-26(14-11-17)20(21-8-5-15-31-21)16-25-22(28)9-4-12-27-23(29)18-6-2-3-7-19(18)24(27)30/h2-3,5-8,15,17,20H,4,9-14,16H2,1H3,(H,25,28). The van der Waals surface area contributed by atoms with Crippen molar-refractivity contribution in [2.45, 2.75) is 38.6 Å². The fourth-order valence-corrected chi connectivity index (χ4v) is 5.23. The van der Waals surface area contributed by atoms with Crippen molar-refractivity contribution >= 4 is 29.1 Å². The Kier molecular flexibility index (Phi) is 6.83. The predicted molar refractivity (Wildman–Crippen MR) is 121 cm³/mol. The van der Waals surface area contributed by atoms with E-state index in [9.17, 15) is 14.4 Å². The summed E-state index contributed by atoms with van der Waals surface area (Å²) in [6, 6.07) is 11.3. The SMILES string of the molecule is CC1CCN(C(CNC(=O)CCCN2C(=O)c3ccccc3C2=O)c2cccs2)CC1. The van der Waals surface area contributed by atoms with E-state index in [0.717, 1.165) is 19.0 Å². The number of nitrogens with one attached hydrogen (secondary N) is 1. The zero-order valence-corrected chi connectivity index (χ0v) is 18.7. The van der Waals surface area contributed by atoms with Gasteiger partial charge in [0.15, 0.2) is 0 Å². The molecule has 2 aliphatic heterocycles. The van der Waals surface area contributed by atoms with Crippen LogP contribution in [0.15, 0.2) is 41.8 Å². The van der Waals surface area contributed by atoms with Gasteiger partial charge in [0.25, 0.3) is 11.8 Å². The lowest BCUT2D eigenvalue weighted by Crippen LogP contribution is -2.41. The van der Waals surface area contributed by atoms with Crippen LogP contribution in [0.3, 0.4) is 0 Å². The van der Waals surface area contributed by atoms with Crippen molar-refractivity contribution in [1.82, 2.24) is 15.1 Å². The third kappa shape index (κ3) is 4.88. The summed E-state index contributed by atoms with van der Waals surface area (Å²) < 4.78 is 0. The van der Waals surface area contributed by atoms with E-state index in [1.807, 2.05) is 0 Å². The van der Waals surface area contributed by atoms with Gasteiger partial charge < -0.3 is 5.32 Å². The van der Waals surface area contributed by atoms with Crippen LogP contribution in [-0.2, 0) is 4.79 Å². The van der Waals surface area contributed by atoms with Gasteiger partial charge in [0.05, 0.1) is 17.2 Å². The van der Waals surface area contributed by atoms with E-state index in [0.29, 0.717) is 30.5 Å². The van der Waals surface area contributed by atoms with Crippen LogP contribution in [0.5, 0.6) is 0 Å². The number of piperidine rings is 1. The highest BCUT2D eigenvalue weighted by Crippen LogP contribution is 2.29.